The first-order valence-electron chi connectivity index (χ1n) is 6.35. The van der Waals surface area contributed by atoms with Crippen LogP contribution in [0, 0.1) is 5.82 Å². The summed E-state index contributed by atoms with van der Waals surface area (Å²) in [4.78, 5) is 12.9. The Morgan fingerprint density at radius 2 is 2.05 bits per heavy atom. The summed E-state index contributed by atoms with van der Waals surface area (Å²) in [5.74, 6) is -1.92. The number of morpholine rings is 1. The van der Waals surface area contributed by atoms with Crippen LogP contribution < -0.4 is 0 Å². The summed E-state index contributed by atoms with van der Waals surface area (Å²) in [6, 6.07) is 4.28. The average Bonchev–Trinajstić information content (AvgIpc) is 2.26. The van der Waals surface area contributed by atoms with Crippen molar-refractivity contribution in [1.82, 2.24) is 4.90 Å². The highest BCUT2D eigenvalue weighted by Gasteiger charge is 2.22. The number of hydrogen-bond acceptors (Lipinski definition) is 3. The van der Waals surface area contributed by atoms with Gasteiger partial charge in [0.25, 0.3) is 0 Å². The van der Waals surface area contributed by atoms with E-state index in [1.165, 1.54) is 12.1 Å². The van der Waals surface area contributed by atoms with Crippen LogP contribution in [0.5, 0.6) is 0 Å². The highest BCUT2D eigenvalue weighted by molar-refractivity contribution is 5.87. The highest BCUT2D eigenvalue weighted by Crippen LogP contribution is 2.16. The molecule has 0 unspecified atom stereocenters. The first-order chi connectivity index (χ1) is 8.95. The third kappa shape index (κ3) is 3.52. The van der Waals surface area contributed by atoms with Gasteiger partial charge in [0.15, 0.2) is 0 Å². The van der Waals surface area contributed by atoms with Gasteiger partial charge < -0.3 is 9.84 Å². The molecular weight excluding hydrogens is 249 g/mol. The third-order valence-electron chi connectivity index (χ3n) is 3.17. The van der Waals surface area contributed by atoms with Gasteiger partial charge in [0.05, 0.1) is 17.8 Å². The van der Waals surface area contributed by atoms with Gasteiger partial charge in [0, 0.05) is 19.6 Å². The van der Waals surface area contributed by atoms with Crippen molar-refractivity contribution in [2.75, 3.05) is 13.1 Å². The van der Waals surface area contributed by atoms with Crippen molar-refractivity contribution in [3.8, 4) is 0 Å². The Labute approximate surface area is 111 Å². The number of carboxylic acid groups (broad SMARTS) is 1. The molecule has 0 saturated carbocycles. The summed E-state index contributed by atoms with van der Waals surface area (Å²) < 4.78 is 19.2. The minimum absolute atomic E-state index is 0.159. The molecular formula is C14H18FNO3. The Hall–Kier alpha value is -1.46. The summed E-state index contributed by atoms with van der Waals surface area (Å²) >= 11 is 0. The molecule has 1 fully saturated rings. The molecule has 1 aromatic rings. The first-order valence-corrected chi connectivity index (χ1v) is 6.35. The minimum atomic E-state index is -1.24. The van der Waals surface area contributed by atoms with Gasteiger partial charge in [-0.3, -0.25) is 4.90 Å². The Morgan fingerprint density at radius 3 is 2.58 bits per heavy atom. The molecule has 0 radical (unpaired) electrons. The quantitative estimate of drug-likeness (QED) is 0.911. The minimum Gasteiger partial charge on any atom is -0.478 e. The number of halogens is 1. The van der Waals surface area contributed by atoms with Crippen LogP contribution >= 0.6 is 0 Å². The molecule has 0 amide bonds. The normalized spacial score (nSPS) is 24.4. The molecule has 1 N–H and O–H groups in total. The standard InChI is InChI=1S/C14H18FNO3/c1-9-6-16(7-10(2)19-9)8-11-3-4-12(14(17)18)13(15)5-11/h3-5,9-10H,6-8H2,1-2H3,(H,17,18)/t9-,10+. The lowest BCUT2D eigenvalue weighted by Gasteiger charge is -2.35. The second-order valence-corrected chi connectivity index (χ2v) is 5.07. The molecule has 0 spiro atoms. The number of carbonyl (C=O) groups is 1. The molecule has 0 aromatic heterocycles. The first kappa shape index (κ1) is 14.0. The number of hydrogen-bond donors (Lipinski definition) is 1. The van der Waals surface area contributed by atoms with E-state index in [1.807, 2.05) is 13.8 Å². The number of nitrogens with zero attached hydrogens (tertiary/aromatic N) is 1. The van der Waals surface area contributed by atoms with E-state index in [4.69, 9.17) is 9.84 Å². The van der Waals surface area contributed by atoms with Gasteiger partial charge in [-0.1, -0.05) is 6.07 Å². The zero-order valence-electron chi connectivity index (χ0n) is 11.1. The molecule has 2 rings (SSSR count). The monoisotopic (exact) mass is 267 g/mol. The molecule has 2 atom stereocenters. The number of carboxylic acids is 1. The molecule has 104 valence electrons. The van der Waals surface area contributed by atoms with Crippen molar-refractivity contribution in [3.63, 3.8) is 0 Å². The van der Waals surface area contributed by atoms with E-state index in [2.05, 4.69) is 4.90 Å². The molecule has 1 aromatic carbocycles. The summed E-state index contributed by atoms with van der Waals surface area (Å²) in [5.41, 5.74) is 0.497. The lowest BCUT2D eigenvalue weighted by molar-refractivity contribution is -0.0705. The van der Waals surface area contributed by atoms with Gasteiger partial charge in [-0.05, 0) is 31.5 Å². The van der Waals surface area contributed by atoms with E-state index in [1.54, 1.807) is 6.07 Å². The van der Waals surface area contributed by atoms with Crippen molar-refractivity contribution in [1.29, 1.82) is 0 Å². The smallest absolute Gasteiger partial charge is 0.338 e. The molecule has 1 saturated heterocycles. The molecule has 4 nitrogen and oxygen atoms in total. The van der Waals surface area contributed by atoms with Crippen molar-refractivity contribution < 1.29 is 19.0 Å². The summed E-state index contributed by atoms with van der Waals surface area (Å²) in [6.45, 7) is 6.22. The molecule has 1 heterocycles. The predicted octanol–water partition coefficient (Wildman–Crippen LogP) is 2.13. The van der Waals surface area contributed by atoms with Crippen molar-refractivity contribution in [2.24, 2.45) is 0 Å². The molecule has 0 bridgehead atoms. The largest absolute Gasteiger partial charge is 0.478 e. The number of rotatable bonds is 3. The van der Waals surface area contributed by atoms with Gasteiger partial charge in [0.1, 0.15) is 5.82 Å². The molecule has 19 heavy (non-hydrogen) atoms. The Bertz CT molecular complexity index is 468. The molecule has 0 aliphatic carbocycles. The van der Waals surface area contributed by atoms with E-state index >= 15 is 0 Å². The lowest BCUT2D eigenvalue weighted by Crippen LogP contribution is -2.44. The fourth-order valence-electron chi connectivity index (χ4n) is 2.50. The summed E-state index contributed by atoms with van der Waals surface area (Å²) in [5, 5.41) is 8.78. The van der Waals surface area contributed by atoms with Crippen molar-refractivity contribution >= 4 is 5.97 Å². The number of benzene rings is 1. The van der Waals surface area contributed by atoms with E-state index in [0.717, 1.165) is 18.7 Å². The van der Waals surface area contributed by atoms with Gasteiger partial charge in [0.2, 0.25) is 0 Å². The van der Waals surface area contributed by atoms with E-state index in [0.29, 0.717) is 6.54 Å². The average molecular weight is 267 g/mol. The Kier molecular flexibility index (Phi) is 4.17. The van der Waals surface area contributed by atoms with E-state index in [-0.39, 0.29) is 17.8 Å². The second kappa shape index (κ2) is 5.67. The Balaban J connectivity index is 2.07. The lowest BCUT2D eigenvalue weighted by atomic mass is 10.1. The van der Waals surface area contributed by atoms with Crippen LogP contribution in [0.2, 0.25) is 0 Å². The topological polar surface area (TPSA) is 49.8 Å². The van der Waals surface area contributed by atoms with E-state index < -0.39 is 11.8 Å². The third-order valence-corrected chi connectivity index (χ3v) is 3.17. The predicted molar refractivity (Wildman–Crippen MR) is 68.6 cm³/mol. The van der Waals surface area contributed by atoms with Crippen molar-refractivity contribution in [2.45, 2.75) is 32.6 Å². The maximum Gasteiger partial charge on any atom is 0.338 e. The van der Waals surface area contributed by atoms with Gasteiger partial charge in [-0.15, -0.1) is 0 Å². The van der Waals surface area contributed by atoms with Crippen LogP contribution in [-0.2, 0) is 11.3 Å². The number of ether oxygens (including phenoxy) is 1. The zero-order valence-corrected chi connectivity index (χ0v) is 11.1. The van der Waals surface area contributed by atoms with Crippen LogP contribution in [0.3, 0.4) is 0 Å². The number of aromatic carboxylic acids is 1. The molecule has 1 aliphatic rings. The summed E-state index contributed by atoms with van der Waals surface area (Å²) in [7, 11) is 0. The van der Waals surface area contributed by atoms with Crippen molar-refractivity contribution in [3.05, 3.63) is 35.1 Å². The van der Waals surface area contributed by atoms with E-state index in [9.17, 15) is 9.18 Å². The SMILES string of the molecule is C[C@@H]1CN(Cc2ccc(C(=O)O)c(F)c2)C[C@H](C)O1. The van der Waals surface area contributed by atoms with Gasteiger partial charge in [-0.25, -0.2) is 9.18 Å². The fraction of sp³-hybridized carbons (Fsp3) is 0.500. The van der Waals surface area contributed by atoms with Gasteiger partial charge >= 0.3 is 5.97 Å². The Morgan fingerprint density at radius 1 is 1.42 bits per heavy atom. The highest BCUT2D eigenvalue weighted by atomic mass is 19.1. The fourth-order valence-corrected chi connectivity index (χ4v) is 2.50. The second-order valence-electron chi connectivity index (χ2n) is 5.07. The summed E-state index contributed by atoms with van der Waals surface area (Å²) in [6.07, 6.45) is 0.318. The maximum absolute atomic E-state index is 13.6. The van der Waals surface area contributed by atoms with Gasteiger partial charge in [-0.2, -0.15) is 0 Å². The van der Waals surface area contributed by atoms with Crippen LogP contribution in [0.4, 0.5) is 4.39 Å². The van der Waals surface area contributed by atoms with Crippen LogP contribution in [0.1, 0.15) is 29.8 Å². The van der Waals surface area contributed by atoms with Crippen LogP contribution in [-0.4, -0.2) is 41.3 Å². The molecule has 1 aliphatic heterocycles. The van der Waals surface area contributed by atoms with Crippen LogP contribution in [0.15, 0.2) is 18.2 Å². The zero-order chi connectivity index (χ0) is 14.0. The maximum atomic E-state index is 13.6. The molecule has 5 heteroatoms. The van der Waals surface area contributed by atoms with Crippen LogP contribution in [0.25, 0.3) is 0 Å².